The molecule has 2 rings (SSSR count). The monoisotopic (exact) mass is 299 g/mol. The Morgan fingerprint density at radius 3 is 2.71 bits per heavy atom. The third kappa shape index (κ3) is 3.98. The van der Waals surface area contributed by atoms with Crippen molar-refractivity contribution in [3.63, 3.8) is 0 Å². The van der Waals surface area contributed by atoms with E-state index in [0.717, 1.165) is 6.07 Å². The van der Waals surface area contributed by atoms with Crippen LogP contribution in [-0.2, 0) is 18.0 Å². The second-order valence-electron chi connectivity index (χ2n) is 4.23. The number of benzene rings is 1. The predicted octanol–water partition coefficient (Wildman–Crippen LogP) is 2.46. The lowest BCUT2D eigenvalue weighted by molar-refractivity contribution is -0.139. The van der Waals surface area contributed by atoms with Crippen LogP contribution in [0.4, 0.5) is 18.9 Å². The number of carbonyl (C=O) groups excluding carboxylic acids is 1. The van der Waals surface area contributed by atoms with Crippen molar-refractivity contribution in [2.24, 2.45) is 7.05 Å². The zero-order valence-corrected chi connectivity index (χ0v) is 11.0. The summed E-state index contributed by atoms with van der Waals surface area (Å²) in [7, 11) is 1.67. The van der Waals surface area contributed by atoms with E-state index < -0.39 is 24.3 Å². The summed E-state index contributed by atoms with van der Waals surface area (Å²) in [6.45, 7) is -0.526. The van der Waals surface area contributed by atoms with Gasteiger partial charge in [0, 0.05) is 13.2 Å². The SMILES string of the molecule is Cn1cc(NC(=O)COc2ccccc2C(F)(F)F)cn1. The molecule has 0 aliphatic carbocycles. The van der Waals surface area contributed by atoms with E-state index in [1.54, 1.807) is 13.2 Å². The fourth-order valence-corrected chi connectivity index (χ4v) is 1.65. The number of alkyl halides is 3. The molecule has 8 heteroatoms. The molecule has 0 unspecified atom stereocenters. The molecule has 0 atom stereocenters. The average Bonchev–Trinajstić information content (AvgIpc) is 2.81. The summed E-state index contributed by atoms with van der Waals surface area (Å²) in [6.07, 6.45) is -1.56. The standard InChI is InChI=1S/C13H12F3N3O2/c1-19-7-9(6-17-19)18-12(20)8-21-11-5-3-2-4-10(11)13(14,15)16/h2-7H,8H2,1H3,(H,18,20). The van der Waals surface area contributed by atoms with E-state index >= 15 is 0 Å². The molecule has 112 valence electrons. The van der Waals surface area contributed by atoms with Crippen LogP contribution in [0.5, 0.6) is 5.75 Å². The van der Waals surface area contributed by atoms with E-state index in [1.807, 2.05) is 0 Å². The molecule has 0 aliphatic heterocycles. The molecule has 0 spiro atoms. The van der Waals surface area contributed by atoms with Crippen molar-refractivity contribution in [2.75, 3.05) is 11.9 Å². The molecule has 0 saturated carbocycles. The highest BCUT2D eigenvalue weighted by Gasteiger charge is 2.34. The first-order valence-corrected chi connectivity index (χ1v) is 5.94. The average molecular weight is 299 g/mol. The Labute approximate surface area is 118 Å². The summed E-state index contributed by atoms with van der Waals surface area (Å²) in [5.41, 5.74) is -0.477. The van der Waals surface area contributed by atoms with Gasteiger partial charge in [0.15, 0.2) is 6.61 Å². The van der Waals surface area contributed by atoms with Gasteiger partial charge in [-0.2, -0.15) is 18.3 Å². The number of nitrogens with zero attached hydrogens (tertiary/aromatic N) is 2. The van der Waals surface area contributed by atoms with Gasteiger partial charge in [0.05, 0.1) is 17.4 Å². The Morgan fingerprint density at radius 1 is 1.38 bits per heavy atom. The fourth-order valence-electron chi connectivity index (χ4n) is 1.65. The maximum atomic E-state index is 12.7. The number of hydrogen-bond donors (Lipinski definition) is 1. The summed E-state index contributed by atoms with van der Waals surface area (Å²) < 4.78 is 44.6. The van der Waals surface area contributed by atoms with Crippen LogP contribution in [0.25, 0.3) is 0 Å². The molecular weight excluding hydrogens is 287 g/mol. The molecule has 0 fully saturated rings. The number of para-hydroxylation sites is 1. The summed E-state index contributed by atoms with van der Waals surface area (Å²) in [4.78, 5) is 11.6. The minimum Gasteiger partial charge on any atom is -0.483 e. The lowest BCUT2D eigenvalue weighted by atomic mass is 10.2. The number of carbonyl (C=O) groups is 1. The van der Waals surface area contributed by atoms with E-state index in [1.165, 1.54) is 29.1 Å². The number of aromatic nitrogens is 2. The molecule has 21 heavy (non-hydrogen) atoms. The molecule has 1 N–H and O–H groups in total. The molecule has 0 bridgehead atoms. The largest absolute Gasteiger partial charge is 0.483 e. The minimum absolute atomic E-state index is 0.383. The van der Waals surface area contributed by atoms with Crippen molar-refractivity contribution in [3.8, 4) is 5.75 Å². The summed E-state index contributed by atoms with van der Waals surface area (Å²) in [6, 6.07) is 4.73. The number of nitrogens with one attached hydrogen (secondary N) is 1. The Kier molecular flexibility index (Phi) is 4.15. The van der Waals surface area contributed by atoms with Gasteiger partial charge in [-0.25, -0.2) is 0 Å². The number of aryl methyl sites for hydroxylation is 1. The molecule has 0 aliphatic rings. The quantitative estimate of drug-likeness (QED) is 0.943. The molecular formula is C13H12F3N3O2. The van der Waals surface area contributed by atoms with Crippen molar-refractivity contribution in [1.82, 2.24) is 9.78 Å². The predicted molar refractivity (Wildman–Crippen MR) is 68.8 cm³/mol. The Hall–Kier alpha value is -2.51. The zero-order valence-electron chi connectivity index (χ0n) is 11.0. The second-order valence-corrected chi connectivity index (χ2v) is 4.23. The van der Waals surface area contributed by atoms with Crippen molar-refractivity contribution in [3.05, 3.63) is 42.2 Å². The van der Waals surface area contributed by atoms with Gasteiger partial charge in [-0.15, -0.1) is 0 Å². The van der Waals surface area contributed by atoms with Crippen LogP contribution in [0.15, 0.2) is 36.7 Å². The van der Waals surface area contributed by atoms with Gasteiger partial charge in [-0.1, -0.05) is 12.1 Å². The van der Waals surface area contributed by atoms with Crippen molar-refractivity contribution >= 4 is 11.6 Å². The summed E-state index contributed by atoms with van der Waals surface area (Å²) in [5.74, 6) is -0.952. The van der Waals surface area contributed by atoms with Crippen LogP contribution >= 0.6 is 0 Å². The molecule has 0 saturated heterocycles. The van der Waals surface area contributed by atoms with Gasteiger partial charge in [0.1, 0.15) is 5.75 Å². The first-order valence-electron chi connectivity index (χ1n) is 5.94. The topological polar surface area (TPSA) is 56.2 Å². The van der Waals surface area contributed by atoms with Crippen LogP contribution in [0.1, 0.15) is 5.56 Å². The normalized spacial score (nSPS) is 11.2. The van der Waals surface area contributed by atoms with E-state index in [0.29, 0.717) is 5.69 Å². The molecule has 1 aromatic carbocycles. The maximum absolute atomic E-state index is 12.7. The van der Waals surface area contributed by atoms with Crippen LogP contribution in [-0.4, -0.2) is 22.3 Å². The highest BCUT2D eigenvalue weighted by Crippen LogP contribution is 2.35. The van der Waals surface area contributed by atoms with Crippen LogP contribution in [0.3, 0.4) is 0 Å². The molecule has 1 aromatic heterocycles. The number of amides is 1. The van der Waals surface area contributed by atoms with Gasteiger partial charge in [0.2, 0.25) is 0 Å². The first-order chi connectivity index (χ1) is 9.86. The fraction of sp³-hybridized carbons (Fsp3) is 0.231. The first kappa shape index (κ1) is 14.9. The Morgan fingerprint density at radius 2 is 2.10 bits per heavy atom. The molecule has 1 amide bonds. The molecule has 1 heterocycles. The van der Waals surface area contributed by atoms with Crippen molar-refractivity contribution in [2.45, 2.75) is 6.18 Å². The van der Waals surface area contributed by atoms with E-state index in [-0.39, 0.29) is 5.75 Å². The third-order valence-electron chi connectivity index (χ3n) is 2.54. The van der Waals surface area contributed by atoms with E-state index in [2.05, 4.69) is 10.4 Å². The lowest BCUT2D eigenvalue weighted by Gasteiger charge is -2.13. The van der Waals surface area contributed by atoms with Gasteiger partial charge in [-0.3, -0.25) is 9.48 Å². The number of anilines is 1. The number of hydrogen-bond acceptors (Lipinski definition) is 3. The zero-order chi connectivity index (χ0) is 15.5. The van der Waals surface area contributed by atoms with E-state index in [9.17, 15) is 18.0 Å². The van der Waals surface area contributed by atoms with Gasteiger partial charge >= 0.3 is 6.18 Å². The third-order valence-corrected chi connectivity index (χ3v) is 2.54. The van der Waals surface area contributed by atoms with Crippen LogP contribution in [0, 0.1) is 0 Å². The lowest BCUT2D eigenvalue weighted by Crippen LogP contribution is -2.21. The van der Waals surface area contributed by atoms with Crippen LogP contribution in [0.2, 0.25) is 0 Å². The highest BCUT2D eigenvalue weighted by molar-refractivity contribution is 5.91. The van der Waals surface area contributed by atoms with Gasteiger partial charge in [0.25, 0.3) is 5.91 Å². The second kappa shape index (κ2) is 5.86. The number of ether oxygens (including phenoxy) is 1. The Balaban J connectivity index is 1.98. The summed E-state index contributed by atoms with van der Waals surface area (Å²) in [5, 5.41) is 6.31. The van der Waals surface area contributed by atoms with Gasteiger partial charge < -0.3 is 10.1 Å². The smallest absolute Gasteiger partial charge is 0.419 e. The van der Waals surface area contributed by atoms with Crippen LogP contribution < -0.4 is 10.1 Å². The molecule has 2 aromatic rings. The molecule has 5 nitrogen and oxygen atoms in total. The van der Waals surface area contributed by atoms with Gasteiger partial charge in [-0.05, 0) is 12.1 Å². The number of rotatable bonds is 4. The minimum atomic E-state index is -4.53. The molecule has 0 radical (unpaired) electrons. The number of halogens is 3. The maximum Gasteiger partial charge on any atom is 0.419 e. The van der Waals surface area contributed by atoms with E-state index in [4.69, 9.17) is 4.74 Å². The highest BCUT2D eigenvalue weighted by atomic mass is 19.4. The summed E-state index contributed by atoms with van der Waals surface area (Å²) >= 11 is 0. The Bertz CT molecular complexity index is 638. The van der Waals surface area contributed by atoms with Crippen molar-refractivity contribution in [1.29, 1.82) is 0 Å². The van der Waals surface area contributed by atoms with Crippen molar-refractivity contribution < 1.29 is 22.7 Å².